The first-order valence-corrected chi connectivity index (χ1v) is 9.46. The summed E-state index contributed by atoms with van der Waals surface area (Å²) in [4.78, 5) is 8.35. The van der Waals surface area contributed by atoms with Gasteiger partial charge in [-0.05, 0) is 37.3 Å². The predicted octanol–water partition coefficient (Wildman–Crippen LogP) is 2.72. The van der Waals surface area contributed by atoms with Crippen LogP contribution in [0.15, 0.2) is 52.6 Å². The number of hydrogen-bond donors (Lipinski definition) is 2. The van der Waals surface area contributed by atoms with Gasteiger partial charge in [0.1, 0.15) is 17.3 Å². The molecule has 138 valence electrons. The lowest BCUT2D eigenvalue weighted by molar-refractivity contribution is 0.586. The molecule has 0 aliphatic heterocycles. The predicted molar refractivity (Wildman–Crippen MR) is 97.0 cm³/mol. The first kappa shape index (κ1) is 17.2. The molecule has 0 spiro atoms. The fraction of sp³-hybridized carbons (Fsp3) is 0.118. The fourth-order valence-corrected chi connectivity index (χ4v) is 3.78. The second-order valence-corrected chi connectivity index (χ2v) is 7.88. The van der Waals surface area contributed by atoms with Gasteiger partial charge in [-0.1, -0.05) is 0 Å². The molecule has 4 rings (SSSR count). The van der Waals surface area contributed by atoms with Crippen LogP contribution >= 0.6 is 0 Å². The summed E-state index contributed by atoms with van der Waals surface area (Å²) in [6.07, 6.45) is 1.76. The Bertz CT molecular complexity index is 1240. The van der Waals surface area contributed by atoms with Crippen molar-refractivity contribution in [2.75, 3.05) is 5.32 Å². The molecule has 0 radical (unpaired) electrons. The van der Waals surface area contributed by atoms with Gasteiger partial charge in [0, 0.05) is 25.0 Å². The Morgan fingerprint density at radius 1 is 1.15 bits per heavy atom. The summed E-state index contributed by atoms with van der Waals surface area (Å²) in [6, 6.07) is 8.09. The Kier molecular flexibility index (Phi) is 3.92. The highest BCUT2D eigenvalue weighted by molar-refractivity contribution is 7.91. The summed E-state index contributed by atoms with van der Waals surface area (Å²) in [6.45, 7) is 1.85. The molecule has 4 aromatic rings. The molecule has 1 aromatic carbocycles. The number of H-pyrrole nitrogens is 1. The zero-order chi connectivity index (χ0) is 19.2. The van der Waals surface area contributed by atoms with E-state index in [0.717, 1.165) is 17.8 Å². The van der Waals surface area contributed by atoms with Crippen molar-refractivity contribution in [3.8, 4) is 0 Å². The maximum atomic E-state index is 13.2. The molecule has 0 fully saturated rings. The SMILES string of the molecule is Cc1cc(Nc2nc(S(=O)(=O)c3ccc(F)cc3)nc3c2ccn3C)n[nH]1. The molecule has 0 aliphatic rings. The largest absolute Gasteiger partial charge is 0.335 e. The van der Waals surface area contributed by atoms with Crippen LogP contribution in [-0.2, 0) is 16.9 Å². The van der Waals surface area contributed by atoms with Gasteiger partial charge in [0.2, 0.25) is 9.84 Å². The van der Waals surface area contributed by atoms with E-state index < -0.39 is 15.7 Å². The van der Waals surface area contributed by atoms with E-state index in [4.69, 9.17) is 0 Å². The van der Waals surface area contributed by atoms with Crippen LogP contribution in [0.25, 0.3) is 11.0 Å². The molecule has 0 atom stereocenters. The Morgan fingerprint density at radius 3 is 2.56 bits per heavy atom. The molecule has 0 saturated carbocycles. The van der Waals surface area contributed by atoms with Crippen LogP contribution in [0.1, 0.15) is 5.69 Å². The Labute approximate surface area is 154 Å². The van der Waals surface area contributed by atoms with Gasteiger partial charge in [0.15, 0.2) is 5.82 Å². The summed E-state index contributed by atoms with van der Waals surface area (Å²) < 4.78 is 40.7. The minimum atomic E-state index is -4.02. The van der Waals surface area contributed by atoms with Crippen LogP contribution in [0, 0.1) is 12.7 Å². The van der Waals surface area contributed by atoms with E-state index in [1.165, 1.54) is 12.1 Å². The molecule has 0 amide bonds. The number of anilines is 2. The number of nitrogens with zero attached hydrogens (tertiary/aromatic N) is 4. The second-order valence-electron chi connectivity index (χ2n) is 6.04. The third-order valence-corrected chi connectivity index (χ3v) is 5.58. The van der Waals surface area contributed by atoms with E-state index in [1.807, 2.05) is 6.92 Å². The first-order chi connectivity index (χ1) is 12.8. The van der Waals surface area contributed by atoms with Crippen molar-refractivity contribution in [1.82, 2.24) is 24.7 Å². The summed E-state index contributed by atoms with van der Waals surface area (Å²) in [5.74, 6) is 0.290. The van der Waals surface area contributed by atoms with Gasteiger partial charge in [-0.15, -0.1) is 0 Å². The van der Waals surface area contributed by atoms with Crippen molar-refractivity contribution < 1.29 is 12.8 Å². The van der Waals surface area contributed by atoms with Gasteiger partial charge in [-0.25, -0.2) is 12.8 Å². The number of aromatic amines is 1. The summed E-state index contributed by atoms with van der Waals surface area (Å²) in [5, 5.41) is 10.2. The Morgan fingerprint density at radius 2 is 1.89 bits per heavy atom. The average molecular weight is 386 g/mol. The third kappa shape index (κ3) is 3.04. The van der Waals surface area contributed by atoms with E-state index in [1.54, 1.807) is 29.9 Å². The molecule has 0 unspecified atom stereocenters. The lowest BCUT2D eigenvalue weighted by Crippen LogP contribution is -2.10. The van der Waals surface area contributed by atoms with Crippen LogP contribution in [0.3, 0.4) is 0 Å². The highest BCUT2D eigenvalue weighted by Gasteiger charge is 2.24. The maximum absolute atomic E-state index is 13.2. The highest BCUT2D eigenvalue weighted by Crippen LogP contribution is 2.27. The molecule has 3 heterocycles. The smallest absolute Gasteiger partial charge is 0.256 e. The van der Waals surface area contributed by atoms with Crippen LogP contribution in [0.2, 0.25) is 0 Å². The van der Waals surface area contributed by atoms with Crippen molar-refractivity contribution in [3.05, 3.63) is 54.1 Å². The maximum Gasteiger partial charge on any atom is 0.256 e. The van der Waals surface area contributed by atoms with Crippen molar-refractivity contribution >= 4 is 32.5 Å². The standard InChI is InChI=1S/C17H15FN6O2S/c1-10-9-14(23-22-10)19-15-13-7-8-24(2)16(13)21-17(20-15)27(25,26)12-5-3-11(18)4-6-12/h3-9H,1-2H3,(H2,19,20,21,22,23). The van der Waals surface area contributed by atoms with E-state index in [-0.39, 0.29) is 10.1 Å². The topological polar surface area (TPSA) is 106 Å². The minimum Gasteiger partial charge on any atom is -0.335 e. The van der Waals surface area contributed by atoms with Gasteiger partial charge >= 0.3 is 0 Å². The van der Waals surface area contributed by atoms with Gasteiger partial charge in [-0.3, -0.25) is 5.10 Å². The monoisotopic (exact) mass is 386 g/mol. The fourth-order valence-electron chi connectivity index (χ4n) is 2.65. The van der Waals surface area contributed by atoms with Crippen LogP contribution in [0.5, 0.6) is 0 Å². The number of rotatable bonds is 4. The van der Waals surface area contributed by atoms with E-state index in [2.05, 4.69) is 25.5 Å². The number of nitrogens with one attached hydrogen (secondary N) is 2. The van der Waals surface area contributed by atoms with Gasteiger partial charge < -0.3 is 9.88 Å². The highest BCUT2D eigenvalue weighted by atomic mass is 32.2. The van der Waals surface area contributed by atoms with Crippen molar-refractivity contribution in [3.63, 3.8) is 0 Å². The summed E-state index contributed by atoms with van der Waals surface area (Å²) in [5.41, 5.74) is 1.29. The average Bonchev–Trinajstić information content (AvgIpc) is 3.21. The molecule has 10 heteroatoms. The number of aromatic nitrogens is 5. The van der Waals surface area contributed by atoms with Gasteiger partial charge in [-0.2, -0.15) is 15.1 Å². The summed E-state index contributed by atoms with van der Waals surface area (Å²) in [7, 11) is -2.27. The molecular weight excluding hydrogens is 371 g/mol. The minimum absolute atomic E-state index is 0.0842. The quantitative estimate of drug-likeness (QED) is 0.413. The van der Waals surface area contributed by atoms with E-state index >= 15 is 0 Å². The Balaban J connectivity index is 1.88. The van der Waals surface area contributed by atoms with Crippen LogP contribution in [-0.4, -0.2) is 33.2 Å². The third-order valence-electron chi connectivity index (χ3n) is 4.02. The number of halogens is 1. The molecule has 8 nitrogen and oxygen atoms in total. The molecule has 2 N–H and O–H groups in total. The normalized spacial score (nSPS) is 11.8. The molecule has 0 aliphatic carbocycles. The van der Waals surface area contributed by atoms with Crippen molar-refractivity contribution in [2.45, 2.75) is 17.0 Å². The first-order valence-electron chi connectivity index (χ1n) is 7.97. The number of aryl methyl sites for hydroxylation is 2. The molecular formula is C17H15FN6O2S. The number of benzene rings is 1. The molecule has 0 bridgehead atoms. The zero-order valence-corrected chi connectivity index (χ0v) is 15.2. The van der Waals surface area contributed by atoms with Crippen molar-refractivity contribution in [2.24, 2.45) is 7.05 Å². The molecule has 27 heavy (non-hydrogen) atoms. The Hall–Kier alpha value is -3.27. The number of sulfone groups is 1. The number of hydrogen-bond acceptors (Lipinski definition) is 6. The summed E-state index contributed by atoms with van der Waals surface area (Å²) >= 11 is 0. The van der Waals surface area contributed by atoms with E-state index in [9.17, 15) is 12.8 Å². The lowest BCUT2D eigenvalue weighted by atomic mass is 10.3. The van der Waals surface area contributed by atoms with Crippen molar-refractivity contribution in [1.29, 1.82) is 0 Å². The van der Waals surface area contributed by atoms with Crippen LogP contribution < -0.4 is 5.32 Å². The number of fused-ring (bicyclic) bond motifs is 1. The second kappa shape index (κ2) is 6.16. The van der Waals surface area contributed by atoms with Gasteiger partial charge in [0.05, 0.1) is 10.3 Å². The van der Waals surface area contributed by atoms with Crippen LogP contribution in [0.4, 0.5) is 16.0 Å². The van der Waals surface area contributed by atoms with Gasteiger partial charge in [0.25, 0.3) is 5.16 Å². The molecule has 0 saturated heterocycles. The zero-order valence-electron chi connectivity index (χ0n) is 14.4. The lowest BCUT2D eigenvalue weighted by Gasteiger charge is -2.09. The van der Waals surface area contributed by atoms with E-state index in [0.29, 0.717) is 22.7 Å². The molecule has 3 aromatic heterocycles.